The van der Waals surface area contributed by atoms with E-state index in [0.29, 0.717) is 38.2 Å². The van der Waals surface area contributed by atoms with Crippen LogP contribution in [0.3, 0.4) is 0 Å². The first kappa shape index (κ1) is 26.6. The molecule has 0 unspecified atom stereocenters. The van der Waals surface area contributed by atoms with E-state index in [1.54, 1.807) is 17.2 Å². The summed E-state index contributed by atoms with van der Waals surface area (Å²) in [5.41, 5.74) is -0.0813. The van der Waals surface area contributed by atoms with Gasteiger partial charge in [0.15, 0.2) is 0 Å². The second kappa shape index (κ2) is 10.4. The molecule has 208 valence electrons. The Morgan fingerprint density at radius 1 is 1.10 bits per heavy atom. The molecule has 3 aliphatic rings. The van der Waals surface area contributed by atoms with Crippen molar-refractivity contribution in [1.29, 1.82) is 0 Å². The van der Waals surface area contributed by atoms with Gasteiger partial charge in [-0.2, -0.15) is 0 Å². The molecule has 2 aromatic heterocycles. The number of benzene rings is 1. The van der Waals surface area contributed by atoms with Crippen molar-refractivity contribution in [2.24, 2.45) is 5.92 Å². The fraction of sp³-hybridized carbons (Fsp3) is 0.379. The normalized spacial score (nSPS) is 21.5. The monoisotopic (exact) mass is 569 g/mol. The van der Waals surface area contributed by atoms with Gasteiger partial charge >= 0.3 is 0 Å². The Balaban J connectivity index is 1.11. The topological polar surface area (TPSA) is 78.4 Å². The van der Waals surface area contributed by atoms with Crippen LogP contribution >= 0.6 is 11.6 Å². The van der Waals surface area contributed by atoms with Gasteiger partial charge in [0.25, 0.3) is 12.3 Å². The number of hydrogen-bond acceptors (Lipinski definition) is 5. The van der Waals surface area contributed by atoms with Crippen LogP contribution in [-0.4, -0.2) is 47.5 Å². The molecule has 0 radical (unpaired) electrons. The molecular weight excluding hydrogens is 543 g/mol. The highest BCUT2D eigenvalue weighted by Gasteiger charge is 2.58. The van der Waals surface area contributed by atoms with Crippen LogP contribution in [0.5, 0.6) is 0 Å². The quantitative estimate of drug-likeness (QED) is 0.436. The molecule has 4 heterocycles. The number of anilines is 2. The van der Waals surface area contributed by atoms with Gasteiger partial charge in [-0.1, -0.05) is 23.7 Å². The van der Waals surface area contributed by atoms with E-state index in [-0.39, 0.29) is 34.3 Å². The molecule has 2 fully saturated rings. The van der Waals surface area contributed by atoms with Crippen molar-refractivity contribution in [2.75, 3.05) is 29.4 Å². The number of alkyl halides is 2. The zero-order chi connectivity index (χ0) is 28.0. The number of nitrogens with zero attached hydrogens (tertiary/aromatic N) is 4. The number of carbonyl (C=O) groups excluding carboxylic acids is 2. The molecule has 1 N–H and O–H groups in total. The van der Waals surface area contributed by atoms with Gasteiger partial charge in [0.2, 0.25) is 5.91 Å². The second-order valence-electron chi connectivity index (χ2n) is 10.8. The SMILES string of the molecule is O=C(N[C@H]1CC[C@H](CN2C(=O)C3(CN(c4ccccn4)C3)c3ccc(F)cc32)CC1)c1cc(Cl)cnc1C(F)F. The fourth-order valence-corrected chi connectivity index (χ4v) is 6.38. The van der Waals surface area contributed by atoms with Gasteiger partial charge in [-0.3, -0.25) is 14.6 Å². The lowest BCUT2D eigenvalue weighted by atomic mass is 9.74. The number of amides is 2. The molecule has 0 atom stereocenters. The van der Waals surface area contributed by atoms with Crippen LogP contribution in [0.4, 0.5) is 24.7 Å². The highest BCUT2D eigenvalue weighted by atomic mass is 35.5. The molecule has 1 aromatic carbocycles. The number of nitrogens with one attached hydrogen (secondary N) is 1. The summed E-state index contributed by atoms with van der Waals surface area (Å²) in [6, 6.07) is 11.2. The molecular formula is C29H27ClF3N5O2. The van der Waals surface area contributed by atoms with Gasteiger partial charge in [0, 0.05) is 38.1 Å². The van der Waals surface area contributed by atoms with E-state index in [4.69, 9.17) is 11.6 Å². The third kappa shape index (κ3) is 4.68. The van der Waals surface area contributed by atoms with Crippen molar-refractivity contribution in [3.63, 3.8) is 0 Å². The number of rotatable bonds is 6. The maximum Gasteiger partial charge on any atom is 0.281 e. The van der Waals surface area contributed by atoms with Crippen molar-refractivity contribution in [2.45, 2.75) is 43.6 Å². The summed E-state index contributed by atoms with van der Waals surface area (Å²) in [5.74, 6) is -0.0852. The first-order chi connectivity index (χ1) is 19.2. The predicted octanol–water partition coefficient (Wildman–Crippen LogP) is 5.30. The maximum absolute atomic E-state index is 14.3. The number of hydrogen-bond donors (Lipinski definition) is 1. The van der Waals surface area contributed by atoms with Crippen LogP contribution in [0.25, 0.3) is 0 Å². The third-order valence-electron chi connectivity index (χ3n) is 8.27. The molecule has 40 heavy (non-hydrogen) atoms. The van der Waals surface area contributed by atoms with E-state index in [9.17, 15) is 22.8 Å². The van der Waals surface area contributed by atoms with Gasteiger partial charge in [-0.05, 0) is 67.5 Å². The summed E-state index contributed by atoms with van der Waals surface area (Å²) >= 11 is 5.89. The summed E-state index contributed by atoms with van der Waals surface area (Å²) < 4.78 is 41.0. The van der Waals surface area contributed by atoms with Gasteiger partial charge in [0.05, 0.1) is 16.3 Å². The molecule has 0 bridgehead atoms. The largest absolute Gasteiger partial charge is 0.354 e. The molecule has 6 rings (SSSR count). The minimum absolute atomic E-state index is 0.0244. The molecule has 1 spiro atoms. The first-order valence-corrected chi connectivity index (χ1v) is 13.7. The van der Waals surface area contributed by atoms with Gasteiger partial charge < -0.3 is 15.1 Å². The summed E-state index contributed by atoms with van der Waals surface area (Å²) in [6.07, 6.45) is 2.63. The lowest BCUT2D eigenvalue weighted by Gasteiger charge is -2.47. The van der Waals surface area contributed by atoms with Gasteiger partial charge in [0.1, 0.15) is 22.7 Å². The molecule has 3 aromatic rings. The highest BCUT2D eigenvalue weighted by molar-refractivity contribution is 6.30. The van der Waals surface area contributed by atoms with Crippen molar-refractivity contribution < 1.29 is 22.8 Å². The standard InChI is InChI=1S/C29H27ClF3N5O2/c30-18-11-21(25(26(32)33)35-13-18)27(39)36-20-7-4-17(5-8-20)14-38-23-12-19(31)6-9-22(23)29(28(38)40)15-37(16-29)24-3-1-2-10-34-24/h1-3,6,9-13,17,20,26H,4-5,7-8,14-16H2,(H,36,39)/t17-,20-. The van der Waals surface area contributed by atoms with Crippen LogP contribution in [-0.2, 0) is 10.2 Å². The Hall–Kier alpha value is -3.66. The minimum Gasteiger partial charge on any atom is -0.354 e. The molecule has 1 aliphatic carbocycles. The van der Waals surface area contributed by atoms with Crippen LogP contribution in [0, 0.1) is 11.7 Å². The Morgan fingerprint density at radius 2 is 1.88 bits per heavy atom. The molecule has 7 nitrogen and oxygen atoms in total. The Labute approximate surface area is 234 Å². The molecule has 2 aliphatic heterocycles. The summed E-state index contributed by atoms with van der Waals surface area (Å²) in [6.45, 7) is 1.42. The lowest BCUT2D eigenvalue weighted by molar-refractivity contribution is -0.124. The van der Waals surface area contributed by atoms with Crippen LogP contribution in [0.2, 0.25) is 5.02 Å². The molecule has 2 amide bonds. The minimum atomic E-state index is -2.89. The average molecular weight is 570 g/mol. The summed E-state index contributed by atoms with van der Waals surface area (Å²) in [7, 11) is 0. The number of halogens is 4. The number of pyridine rings is 2. The number of fused-ring (bicyclic) bond motifs is 2. The smallest absolute Gasteiger partial charge is 0.281 e. The second-order valence-corrected chi connectivity index (χ2v) is 11.2. The predicted molar refractivity (Wildman–Crippen MR) is 144 cm³/mol. The Bertz CT molecular complexity index is 1440. The first-order valence-electron chi connectivity index (χ1n) is 13.3. The third-order valence-corrected chi connectivity index (χ3v) is 8.48. The van der Waals surface area contributed by atoms with E-state index in [0.717, 1.165) is 30.4 Å². The number of aromatic nitrogens is 2. The van der Waals surface area contributed by atoms with Crippen LogP contribution < -0.4 is 15.1 Å². The maximum atomic E-state index is 14.3. The van der Waals surface area contributed by atoms with E-state index in [1.807, 2.05) is 18.2 Å². The van der Waals surface area contributed by atoms with Crippen LogP contribution in [0.15, 0.2) is 54.9 Å². The van der Waals surface area contributed by atoms with E-state index in [1.165, 1.54) is 18.2 Å². The Morgan fingerprint density at radius 3 is 2.58 bits per heavy atom. The van der Waals surface area contributed by atoms with Crippen molar-refractivity contribution in [3.05, 3.63) is 82.5 Å². The van der Waals surface area contributed by atoms with E-state index in [2.05, 4.69) is 20.2 Å². The average Bonchev–Trinajstić information content (AvgIpc) is 3.16. The summed E-state index contributed by atoms with van der Waals surface area (Å²) in [4.78, 5) is 38.4. The van der Waals surface area contributed by atoms with Crippen LogP contribution in [0.1, 0.15) is 53.7 Å². The van der Waals surface area contributed by atoms with E-state index >= 15 is 0 Å². The zero-order valence-corrected chi connectivity index (χ0v) is 22.3. The van der Waals surface area contributed by atoms with Crippen molar-refractivity contribution >= 4 is 34.9 Å². The van der Waals surface area contributed by atoms with Crippen molar-refractivity contribution in [1.82, 2.24) is 15.3 Å². The Kier molecular flexibility index (Phi) is 6.90. The molecule has 1 saturated carbocycles. The molecule has 1 saturated heterocycles. The zero-order valence-electron chi connectivity index (χ0n) is 21.5. The van der Waals surface area contributed by atoms with Crippen molar-refractivity contribution in [3.8, 4) is 0 Å². The lowest BCUT2D eigenvalue weighted by Crippen LogP contribution is -2.64. The van der Waals surface area contributed by atoms with E-state index < -0.39 is 23.4 Å². The van der Waals surface area contributed by atoms with Gasteiger partial charge in [-0.15, -0.1) is 0 Å². The summed E-state index contributed by atoms with van der Waals surface area (Å²) in [5, 5.41) is 2.95. The molecule has 11 heteroatoms. The fourth-order valence-electron chi connectivity index (χ4n) is 6.23. The highest BCUT2D eigenvalue weighted by Crippen LogP contribution is 2.49. The van der Waals surface area contributed by atoms with Gasteiger partial charge in [-0.25, -0.2) is 18.2 Å². The number of carbonyl (C=O) groups is 2.